The van der Waals surface area contributed by atoms with Gasteiger partial charge in [-0.15, -0.1) is 22.7 Å². The Labute approximate surface area is 219 Å². The predicted molar refractivity (Wildman–Crippen MR) is 145 cm³/mol. The zero-order valence-corrected chi connectivity index (χ0v) is 22.7. The molecule has 194 valence electrons. The number of carbonyl (C=O) groups is 1. The number of thiophene rings is 1. The fourth-order valence-electron chi connectivity index (χ4n) is 4.93. The number of ether oxygens (including phenoxy) is 2. The lowest BCUT2D eigenvalue weighted by molar-refractivity contribution is -0.0713. The maximum absolute atomic E-state index is 13.0. The number of nitrogens with zero attached hydrogens (tertiary/aromatic N) is 3. The van der Waals surface area contributed by atoms with Crippen LogP contribution in [0.3, 0.4) is 0 Å². The average Bonchev–Trinajstić information content (AvgIpc) is 3.51. The van der Waals surface area contributed by atoms with Crippen molar-refractivity contribution in [3.8, 4) is 0 Å². The number of amides is 1. The largest absolute Gasteiger partial charge is 0.396 e. The summed E-state index contributed by atoms with van der Waals surface area (Å²) in [5.41, 5.74) is 15.5. The molecule has 11 heteroatoms. The standard InChI is InChI=1S/C25H34N6O3S2/c1-12(33-4)13(2)34-19-11-31(10-17(19)26)20-8-5-15-9-16(6-7-18(15)30-20)29-24(32)22-21(27)23-25(36-22)28-14(3)35-23/h5,8,12-13,16-17,19H,6-7,9-11,26-27H2,1-4H3,(H,29,32). The van der Waals surface area contributed by atoms with Crippen LogP contribution in [-0.4, -0.2) is 66.5 Å². The summed E-state index contributed by atoms with van der Waals surface area (Å²) in [5, 5.41) is 4.14. The Morgan fingerprint density at radius 1 is 1.22 bits per heavy atom. The molecule has 3 aromatic rings. The summed E-state index contributed by atoms with van der Waals surface area (Å²) in [6.45, 7) is 7.38. The van der Waals surface area contributed by atoms with Gasteiger partial charge in [0.15, 0.2) is 0 Å². The molecule has 2 aliphatic rings. The molecule has 0 saturated carbocycles. The van der Waals surface area contributed by atoms with Crippen molar-refractivity contribution in [2.45, 2.75) is 70.4 Å². The Morgan fingerprint density at radius 2 is 2.03 bits per heavy atom. The first-order valence-corrected chi connectivity index (χ1v) is 14.0. The molecule has 1 aliphatic carbocycles. The average molecular weight is 531 g/mol. The third-order valence-corrected chi connectivity index (χ3v) is 9.47. The zero-order chi connectivity index (χ0) is 25.6. The molecule has 1 aliphatic heterocycles. The highest BCUT2D eigenvalue weighted by Gasteiger charge is 2.34. The highest BCUT2D eigenvalue weighted by atomic mass is 32.1. The normalized spacial score (nSPS) is 23.6. The summed E-state index contributed by atoms with van der Waals surface area (Å²) in [6, 6.07) is 4.16. The van der Waals surface area contributed by atoms with Gasteiger partial charge in [0.05, 0.1) is 39.7 Å². The van der Waals surface area contributed by atoms with Crippen molar-refractivity contribution in [1.29, 1.82) is 0 Å². The molecule has 3 aromatic heterocycles. The number of methoxy groups -OCH3 is 1. The van der Waals surface area contributed by atoms with Crippen LogP contribution in [0.5, 0.6) is 0 Å². The number of thiazole rings is 1. The molecule has 1 saturated heterocycles. The number of nitrogen functional groups attached to an aromatic ring is 1. The van der Waals surface area contributed by atoms with E-state index in [1.54, 1.807) is 7.11 Å². The first kappa shape index (κ1) is 25.3. The number of hydrogen-bond donors (Lipinski definition) is 3. The summed E-state index contributed by atoms with van der Waals surface area (Å²) in [7, 11) is 1.69. The minimum atomic E-state index is -0.118. The summed E-state index contributed by atoms with van der Waals surface area (Å²) in [5.74, 6) is 0.812. The van der Waals surface area contributed by atoms with E-state index < -0.39 is 0 Å². The van der Waals surface area contributed by atoms with Gasteiger partial charge in [0.1, 0.15) is 15.5 Å². The molecule has 5 rings (SSSR count). The second kappa shape index (κ2) is 10.2. The minimum absolute atomic E-state index is 0.00952. The number of rotatable bonds is 7. The summed E-state index contributed by atoms with van der Waals surface area (Å²) in [4.78, 5) is 26.0. The van der Waals surface area contributed by atoms with Crippen LogP contribution in [0.15, 0.2) is 12.1 Å². The van der Waals surface area contributed by atoms with E-state index in [0.29, 0.717) is 23.7 Å². The van der Waals surface area contributed by atoms with Gasteiger partial charge in [-0.1, -0.05) is 6.07 Å². The van der Waals surface area contributed by atoms with Gasteiger partial charge in [-0.2, -0.15) is 0 Å². The van der Waals surface area contributed by atoms with Gasteiger partial charge in [-0.25, -0.2) is 9.97 Å². The Kier molecular flexibility index (Phi) is 7.19. The van der Waals surface area contributed by atoms with Crippen LogP contribution < -0.4 is 21.7 Å². The van der Waals surface area contributed by atoms with Crippen LogP contribution >= 0.6 is 22.7 Å². The van der Waals surface area contributed by atoms with E-state index in [-0.39, 0.29) is 36.3 Å². The third-order valence-electron chi connectivity index (χ3n) is 7.24. The molecule has 1 fully saturated rings. The van der Waals surface area contributed by atoms with Crippen LogP contribution in [0.4, 0.5) is 11.5 Å². The van der Waals surface area contributed by atoms with E-state index in [9.17, 15) is 4.79 Å². The monoisotopic (exact) mass is 530 g/mol. The van der Waals surface area contributed by atoms with E-state index in [1.807, 2.05) is 20.8 Å². The summed E-state index contributed by atoms with van der Waals surface area (Å²) in [6.07, 6.45) is 2.32. The van der Waals surface area contributed by atoms with Crippen molar-refractivity contribution in [3.05, 3.63) is 33.3 Å². The minimum Gasteiger partial charge on any atom is -0.396 e. The zero-order valence-electron chi connectivity index (χ0n) is 21.1. The van der Waals surface area contributed by atoms with E-state index >= 15 is 0 Å². The van der Waals surface area contributed by atoms with Crippen molar-refractivity contribution in [2.24, 2.45) is 5.73 Å². The highest BCUT2D eigenvalue weighted by Crippen LogP contribution is 2.37. The van der Waals surface area contributed by atoms with Crippen LogP contribution in [0.2, 0.25) is 0 Å². The Morgan fingerprint density at radius 3 is 2.78 bits per heavy atom. The highest BCUT2D eigenvalue weighted by molar-refractivity contribution is 7.29. The van der Waals surface area contributed by atoms with Crippen molar-refractivity contribution in [3.63, 3.8) is 0 Å². The Bertz CT molecular complexity index is 1260. The van der Waals surface area contributed by atoms with Gasteiger partial charge in [0, 0.05) is 31.9 Å². The molecule has 5 atom stereocenters. The van der Waals surface area contributed by atoms with Gasteiger partial charge < -0.3 is 31.2 Å². The molecule has 5 unspecified atom stereocenters. The molecule has 5 N–H and O–H groups in total. The van der Waals surface area contributed by atoms with E-state index in [1.165, 1.54) is 28.2 Å². The van der Waals surface area contributed by atoms with E-state index in [0.717, 1.165) is 45.3 Å². The molecule has 0 spiro atoms. The maximum Gasteiger partial charge on any atom is 0.263 e. The Hall–Kier alpha value is -2.31. The quantitative estimate of drug-likeness (QED) is 0.425. The van der Waals surface area contributed by atoms with Gasteiger partial charge in [0.25, 0.3) is 5.91 Å². The lowest BCUT2D eigenvalue weighted by atomic mass is 9.91. The van der Waals surface area contributed by atoms with Crippen LogP contribution in [0, 0.1) is 6.92 Å². The summed E-state index contributed by atoms with van der Waals surface area (Å²) >= 11 is 2.90. The number of aryl methyl sites for hydroxylation is 2. The third kappa shape index (κ3) is 4.95. The lowest BCUT2D eigenvalue weighted by Gasteiger charge is -2.27. The molecule has 4 heterocycles. The van der Waals surface area contributed by atoms with Gasteiger partial charge >= 0.3 is 0 Å². The number of anilines is 2. The smallest absolute Gasteiger partial charge is 0.263 e. The molecule has 0 aromatic carbocycles. The molecular formula is C25H34N6O3S2. The van der Waals surface area contributed by atoms with Crippen molar-refractivity contribution < 1.29 is 14.3 Å². The second-order valence-electron chi connectivity index (χ2n) is 9.79. The number of hydrogen-bond acceptors (Lipinski definition) is 10. The number of carbonyl (C=O) groups excluding carboxylic acids is 1. The second-order valence-corrected chi connectivity index (χ2v) is 12.0. The first-order valence-electron chi connectivity index (χ1n) is 12.4. The van der Waals surface area contributed by atoms with Crippen molar-refractivity contribution in [2.75, 3.05) is 30.8 Å². The van der Waals surface area contributed by atoms with E-state index in [2.05, 4.69) is 27.3 Å². The maximum atomic E-state index is 13.0. The fourth-order valence-corrected chi connectivity index (χ4v) is 7.02. The number of pyridine rings is 1. The van der Waals surface area contributed by atoms with Crippen molar-refractivity contribution >= 4 is 49.6 Å². The Balaban J connectivity index is 1.21. The summed E-state index contributed by atoms with van der Waals surface area (Å²) < 4.78 is 12.5. The van der Waals surface area contributed by atoms with Gasteiger partial charge in [0.2, 0.25) is 0 Å². The number of fused-ring (bicyclic) bond motifs is 2. The van der Waals surface area contributed by atoms with Gasteiger partial charge in [-0.3, -0.25) is 4.79 Å². The number of nitrogens with two attached hydrogens (primary N) is 2. The molecule has 0 radical (unpaired) electrons. The molecular weight excluding hydrogens is 496 g/mol. The van der Waals surface area contributed by atoms with Gasteiger partial charge in [-0.05, 0) is 51.7 Å². The fraction of sp³-hybridized carbons (Fsp3) is 0.560. The first-order chi connectivity index (χ1) is 17.2. The number of aromatic nitrogens is 2. The van der Waals surface area contributed by atoms with Crippen LogP contribution in [0.25, 0.3) is 9.53 Å². The molecule has 0 bridgehead atoms. The van der Waals surface area contributed by atoms with Crippen LogP contribution in [0.1, 0.15) is 46.2 Å². The predicted octanol–water partition coefficient (Wildman–Crippen LogP) is 2.89. The molecule has 36 heavy (non-hydrogen) atoms. The SMILES string of the molecule is COC(C)C(C)OC1CN(c2ccc3c(n2)CCC(NC(=O)c2sc4nc(C)sc4c2N)C3)CC1N. The van der Waals surface area contributed by atoms with Crippen molar-refractivity contribution in [1.82, 2.24) is 15.3 Å². The number of nitrogens with one attached hydrogen (secondary N) is 1. The van der Waals surface area contributed by atoms with E-state index in [4.69, 9.17) is 25.9 Å². The van der Waals surface area contributed by atoms with Crippen LogP contribution in [-0.2, 0) is 22.3 Å². The molecule has 9 nitrogen and oxygen atoms in total. The molecule has 1 amide bonds. The lowest BCUT2D eigenvalue weighted by Crippen LogP contribution is -2.40. The topological polar surface area (TPSA) is 129 Å².